The molecule has 1 saturated carbocycles. The number of amides is 1. The molecule has 2 aromatic rings. The summed E-state index contributed by atoms with van der Waals surface area (Å²) >= 11 is 0. The topological polar surface area (TPSA) is 56.8 Å². The van der Waals surface area contributed by atoms with Gasteiger partial charge in [0.15, 0.2) is 11.5 Å². The summed E-state index contributed by atoms with van der Waals surface area (Å²) in [5, 5.41) is 3.05. The first kappa shape index (κ1) is 20.0. The van der Waals surface area contributed by atoms with Gasteiger partial charge in [-0.25, -0.2) is 4.39 Å². The molecule has 5 nitrogen and oxygen atoms in total. The Hall–Kier alpha value is -2.76. The highest BCUT2D eigenvalue weighted by atomic mass is 19.1. The first-order chi connectivity index (χ1) is 13.5. The van der Waals surface area contributed by atoms with Crippen molar-refractivity contribution in [1.29, 1.82) is 0 Å². The monoisotopic (exact) mass is 387 g/mol. The summed E-state index contributed by atoms with van der Waals surface area (Å²) in [5.41, 5.74) is 1.27. The summed E-state index contributed by atoms with van der Waals surface area (Å²) < 4.78 is 29.3. The SMILES string of the molecule is COc1cc(OC)c(C(=O)NCC2(c3ccc(F)cc3)CCCC2)cc1OC. The van der Waals surface area contributed by atoms with Gasteiger partial charge in [-0.1, -0.05) is 25.0 Å². The highest BCUT2D eigenvalue weighted by molar-refractivity contribution is 5.97. The van der Waals surface area contributed by atoms with Crippen molar-refractivity contribution in [3.05, 3.63) is 53.3 Å². The van der Waals surface area contributed by atoms with Crippen LogP contribution in [-0.2, 0) is 5.41 Å². The molecule has 0 unspecified atom stereocenters. The third-order valence-electron chi connectivity index (χ3n) is 5.55. The van der Waals surface area contributed by atoms with E-state index in [1.807, 2.05) is 12.1 Å². The van der Waals surface area contributed by atoms with E-state index in [4.69, 9.17) is 14.2 Å². The Morgan fingerprint density at radius 1 is 0.964 bits per heavy atom. The number of rotatable bonds is 7. The van der Waals surface area contributed by atoms with Gasteiger partial charge in [0.25, 0.3) is 5.91 Å². The summed E-state index contributed by atoms with van der Waals surface area (Å²) in [6, 6.07) is 9.86. The molecule has 0 heterocycles. The maximum Gasteiger partial charge on any atom is 0.255 e. The van der Waals surface area contributed by atoms with Crippen molar-refractivity contribution < 1.29 is 23.4 Å². The first-order valence-corrected chi connectivity index (χ1v) is 9.37. The zero-order valence-electron chi connectivity index (χ0n) is 16.5. The van der Waals surface area contributed by atoms with E-state index >= 15 is 0 Å². The van der Waals surface area contributed by atoms with Crippen molar-refractivity contribution in [3.8, 4) is 17.2 Å². The molecular formula is C22H26FNO4. The van der Waals surface area contributed by atoms with Gasteiger partial charge in [-0.15, -0.1) is 0 Å². The van der Waals surface area contributed by atoms with Crippen LogP contribution in [0.15, 0.2) is 36.4 Å². The highest BCUT2D eigenvalue weighted by Crippen LogP contribution is 2.41. The lowest BCUT2D eigenvalue weighted by molar-refractivity contribution is 0.0939. The first-order valence-electron chi connectivity index (χ1n) is 9.37. The van der Waals surface area contributed by atoms with Crippen molar-refractivity contribution in [1.82, 2.24) is 5.32 Å². The lowest BCUT2D eigenvalue weighted by Crippen LogP contribution is -2.39. The van der Waals surface area contributed by atoms with Gasteiger partial charge in [0.2, 0.25) is 0 Å². The van der Waals surface area contributed by atoms with Gasteiger partial charge in [0, 0.05) is 24.1 Å². The number of methoxy groups -OCH3 is 3. The molecule has 0 aromatic heterocycles. The van der Waals surface area contributed by atoms with Gasteiger partial charge < -0.3 is 19.5 Å². The Morgan fingerprint density at radius 3 is 2.11 bits per heavy atom. The average Bonchev–Trinajstić information content (AvgIpc) is 3.21. The van der Waals surface area contributed by atoms with E-state index in [1.165, 1.54) is 33.5 Å². The number of hydrogen-bond donors (Lipinski definition) is 1. The summed E-state index contributed by atoms with van der Waals surface area (Å²) in [5.74, 6) is 0.872. The highest BCUT2D eigenvalue weighted by Gasteiger charge is 2.36. The largest absolute Gasteiger partial charge is 0.496 e. The van der Waals surface area contributed by atoms with Crippen molar-refractivity contribution in [2.45, 2.75) is 31.1 Å². The molecule has 150 valence electrons. The Balaban J connectivity index is 1.83. The minimum Gasteiger partial charge on any atom is -0.496 e. The van der Waals surface area contributed by atoms with Crippen molar-refractivity contribution >= 4 is 5.91 Å². The molecule has 0 atom stereocenters. The molecular weight excluding hydrogens is 361 g/mol. The Labute approximate surface area is 164 Å². The second-order valence-electron chi connectivity index (χ2n) is 7.08. The molecule has 1 fully saturated rings. The molecule has 6 heteroatoms. The maximum atomic E-state index is 13.3. The van der Waals surface area contributed by atoms with Crippen molar-refractivity contribution in [2.75, 3.05) is 27.9 Å². The number of carbonyl (C=O) groups is 1. The summed E-state index contributed by atoms with van der Waals surface area (Å²) in [7, 11) is 4.56. The van der Waals surface area contributed by atoms with Gasteiger partial charge in [-0.2, -0.15) is 0 Å². The zero-order chi connectivity index (χ0) is 20.1. The molecule has 1 aliphatic carbocycles. The fourth-order valence-corrected chi connectivity index (χ4v) is 3.97. The molecule has 3 rings (SSSR count). The van der Waals surface area contributed by atoms with Crippen LogP contribution in [0.5, 0.6) is 17.2 Å². The predicted molar refractivity (Wildman–Crippen MR) is 105 cm³/mol. The molecule has 1 amide bonds. The van der Waals surface area contributed by atoms with Crippen LogP contribution in [0, 0.1) is 5.82 Å². The van der Waals surface area contributed by atoms with Crippen LogP contribution in [0.25, 0.3) is 0 Å². The fraction of sp³-hybridized carbons (Fsp3) is 0.409. The minimum atomic E-state index is -0.254. The molecule has 0 bridgehead atoms. The van der Waals surface area contributed by atoms with Gasteiger partial charge >= 0.3 is 0 Å². The Kier molecular flexibility index (Phi) is 6.07. The van der Waals surface area contributed by atoms with Gasteiger partial charge in [0.05, 0.1) is 26.9 Å². The fourth-order valence-electron chi connectivity index (χ4n) is 3.97. The minimum absolute atomic E-state index is 0.173. The number of benzene rings is 2. The average molecular weight is 387 g/mol. The normalized spacial score (nSPS) is 15.1. The molecule has 1 aliphatic rings. The van der Waals surface area contributed by atoms with Crippen LogP contribution in [0.1, 0.15) is 41.6 Å². The van der Waals surface area contributed by atoms with Gasteiger partial charge in [-0.05, 0) is 30.5 Å². The predicted octanol–water partition coefficient (Wildman–Crippen LogP) is 4.09. The molecule has 28 heavy (non-hydrogen) atoms. The van der Waals surface area contributed by atoms with Crippen LogP contribution >= 0.6 is 0 Å². The smallest absolute Gasteiger partial charge is 0.255 e. The van der Waals surface area contributed by atoms with E-state index in [1.54, 1.807) is 12.1 Å². The molecule has 0 radical (unpaired) electrons. The van der Waals surface area contributed by atoms with E-state index in [9.17, 15) is 9.18 Å². The number of ether oxygens (including phenoxy) is 3. The van der Waals surface area contributed by atoms with Crippen LogP contribution in [-0.4, -0.2) is 33.8 Å². The maximum absolute atomic E-state index is 13.3. The van der Waals surface area contributed by atoms with Crippen molar-refractivity contribution in [2.24, 2.45) is 0 Å². The number of nitrogens with one attached hydrogen (secondary N) is 1. The second kappa shape index (κ2) is 8.50. The van der Waals surface area contributed by atoms with E-state index in [2.05, 4.69) is 5.32 Å². The summed E-state index contributed by atoms with van der Waals surface area (Å²) in [6.45, 7) is 0.481. The number of halogens is 1. The van der Waals surface area contributed by atoms with Crippen LogP contribution in [0.2, 0.25) is 0 Å². The quantitative estimate of drug-likeness (QED) is 0.777. The summed E-state index contributed by atoms with van der Waals surface area (Å²) in [6.07, 6.45) is 4.10. The molecule has 0 spiro atoms. The van der Waals surface area contributed by atoms with E-state index in [-0.39, 0.29) is 17.1 Å². The van der Waals surface area contributed by atoms with E-state index < -0.39 is 0 Å². The third kappa shape index (κ3) is 3.91. The van der Waals surface area contributed by atoms with Crippen LogP contribution < -0.4 is 19.5 Å². The lowest BCUT2D eigenvalue weighted by Gasteiger charge is -2.30. The second-order valence-corrected chi connectivity index (χ2v) is 7.08. The van der Waals surface area contributed by atoms with Gasteiger partial charge in [0.1, 0.15) is 11.6 Å². The Bertz CT molecular complexity index is 829. The van der Waals surface area contributed by atoms with Crippen LogP contribution in [0.3, 0.4) is 0 Å². The molecule has 1 N–H and O–H groups in total. The van der Waals surface area contributed by atoms with Crippen LogP contribution in [0.4, 0.5) is 4.39 Å². The van der Waals surface area contributed by atoms with E-state index in [0.29, 0.717) is 29.4 Å². The molecule has 0 aliphatic heterocycles. The van der Waals surface area contributed by atoms with Crippen molar-refractivity contribution in [3.63, 3.8) is 0 Å². The van der Waals surface area contributed by atoms with Gasteiger partial charge in [-0.3, -0.25) is 4.79 Å². The zero-order valence-corrected chi connectivity index (χ0v) is 16.5. The molecule has 0 saturated heterocycles. The standard InChI is InChI=1S/C22H26FNO4/c1-26-18-13-20(28-3)19(27-2)12-17(18)21(25)24-14-22(10-4-5-11-22)15-6-8-16(23)9-7-15/h6-9,12-13H,4-5,10-11,14H2,1-3H3,(H,24,25). The lowest BCUT2D eigenvalue weighted by atomic mass is 9.78. The van der Waals surface area contributed by atoms with E-state index in [0.717, 1.165) is 31.2 Å². The third-order valence-corrected chi connectivity index (χ3v) is 5.55. The molecule has 2 aromatic carbocycles. The summed E-state index contributed by atoms with van der Waals surface area (Å²) in [4.78, 5) is 12.9. The number of hydrogen-bond acceptors (Lipinski definition) is 4. The number of carbonyl (C=O) groups excluding carboxylic acids is 1. The Morgan fingerprint density at radius 2 is 1.54 bits per heavy atom.